The molecule has 0 spiro atoms. The van der Waals surface area contributed by atoms with E-state index in [1.165, 1.54) is 4.90 Å². The number of nitrogens with zero attached hydrogens (tertiary/aromatic N) is 2. The molecular weight excluding hydrogens is 498 g/mol. The highest BCUT2D eigenvalue weighted by atomic mass is 16.4. The quantitative estimate of drug-likeness (QED) is 0.0797. The van der Waals surface area contributed by atoms with Crippen molar-refractivity contribution in [1.29, 1.82) is 0 Å². The lowest BCUT2D eigenvalue weighted by molar-refractivity contribution is -0.148. The molecule has 1 aromatic rings. The van der Waals surface area contributed by atoms with Crippen LogP contribution in [0.3, 0.4) is 0 Å². The molecule has 0 aromatic heterocycles. The summed E-state index contributed by atoms with van der Waals surface area (Å²) in [5.74, 6) is -4.90. The lowest BCUT2D eigenvalue weighted by Gasteiger charge is -2.30. The molecule has 0 saturated carbocycles. The fourth-order valence-corrected chi connectivity index (χ4v) is 4.15. The number of nitrogens with two attached hydrogens (primary N) is 3. The van der Waals surface area contributed by atoms with Crippen LogP contribution in [-0.2, 0) is 30.4 Å². The molecule has 1 aromatic carbocycles. The van der Waals surface area contributed by atoms with Crippen LogP contribution in [0.25, 0.3) is 0 Å². The molecule has 0 aliphatic carbocycles. The largest absolute Gasteiger partial charge is 0.481 e. The maximum atomic E-state index is 13.5. The Morgan fingerprint density at radius 2 is 1.74 bits per heavy atom. The summed E-state index contributed by atoms with van der Waals surface area (Å²) in [6.07, 6.45) is 0.636. The fourth-order valence-electron chi connectivity index (χ4n) is 4.15. The van der Waals surface area contributed by atoms with E-state index in [9.17, 15) is 29.1 Å². The number of guanidine groups is 1. The van der Waals surface area contributed by atoms with E-state index in [1.807, 2.05) is 30.3 Å². The summed E-state index contributed by atoms with van der Waals surface area (Å²) in [4.78, 5) is 66.7. The molecule has 0 radical (unpaired) electrons. The number of aliphatic carboxylic acids is 2. The molecule has 1 aliphatic heterocycles. The number of hydrogen-bond donors (Lipinski definition) is 7. The zero-order valence-electron chi connectivity index (χ0n) is 20.9. The Kier molecular flexibility index (Phi) is 11.5. The van der Waals surface area contributed by atoms with Crippen molar-refractivity contribution in [2.24, 2.45) is 22.2 Å². The first kappa shape index (κ1) is 30.0. The number of likely N-dealkylation sites (tertiary alicyclic amines) is 1. The molecule has 1 saturated heterocycles. The Hall–Kier alpha value is -4.20. The van der Waals surface area contributed by atoms with E-state index in [1.54, 1.807) is 0 Å². The standard InChI is InChI=1S/C24H35N7O7/c25-15(12-14-6-2-1-3-7-14)20(34)29-16(8-4-10-28-24(26)27)22(36)31-11-5-9-18(31)21(35)30-17(23(37)38)13-19(32)33/h1-3,6-7,15-18H,4-5,8-13,25H2,(H,29,34)(H,30,35)(H,32,33)(H,37,38)(H4,26,27,28). The minimum absolute atomic E-state index is 0.118. The first-order valence-corrected chi connectivity index (χ1v) is 12.2. The van der Waals surface area contributed by atoms with Gasteiger partial charge < -0.3 is 42.9 Å². The molecule has 3 amide bonds. The van der Waals surface area contributed by atoms with Gasteiger partial charge in [0.25, 0.3) is 0 Å². The van der Waals surface area contributed by atoms with E-state index in [4.69, 9.17) is 22.3 Å². The van der Waals surface area contributed by atoms with E-state index >= 15 is 0 Å². The molecule has 10 N–H and O–H groups in total. The number of aliphatic imine (C=N–C) groups is 1. The summed E-state index contributed by atoms with van der Waals surface area (Å²) in [5.41, 5.74) is 17.6. The number of carbonyl (C=O) groups excluding carboxylic acids is 3. The van der Waals surface area contributed by atoms with Gasteiger partial charge in [-0.2, -0.15) is 0 Å². The second-order valence-corrected chi connectivity index (χ2v) is 8.99. The lowest BCUT2D eigenvalue weighted by atomic mass is 10.0. The number of benzene rings is 1. The van der Waals surface area contributed by atoms with Gasteiger partial charge in [0.15, 0.2) is 5.96 Å². The van der Waals surface area contributed by atoms with Crippen LogP contribution in [0.2, 0.25) is 0 Å². The highest BCUT2D eigenvalue weighted by Gasteiger charge is 2.39. The Labute approximate surface area is 219 Å². The van der Waals surface area contributed by atoms with E-state index in [2.05, 4.69) is 15.6 Å². The second kappa shape index (κ2) is 14.5. The van der Waals surface area contributed by atoms with Gasteiger partial charge in [0.05, 0.1) is 12.5 Å². The molecule has 4 atom stereocenters. The Balaban J connectivity index is 2.14. The average molecular weight is 534 g/mol. The monoisotopic (exact) mass is 533 g/mol. The number of carboxylic acid groups (broad SMARTS) is 2. The second-order valence-electron chi connectivity index (χ2n) is 8.99. The first-order valence-electron chi connectivity index (χ1n) is 12.2. The molecule has 0 bridgehead atoms. The van der Waals surface area contributed by atoms with Crippen LogP contribution in [0.4, 0.5) is 0 Å². The summed E-state index contributed by atoms with van der Waals surface area (Å²) in [7, 11) is 0. The number of carboxylic acids is 2. The molecule has 14 nitrogen and oxygen atoms in total. The summed E-state index contributed by atoms with van der Waals surface area (Å²) in [6.45, 7) is 0.404. The van der Waals surface area contributed by atoms with Gasteiger partial charge in [0.1, 0.15) is 18.1 Å². The van der Waals surface area contributed by atoms with Gasteiger partial charge in [-0.1, -0.05) is 30.3 Å². The topological polar surface area (TPSA) is 244 Å². The summed E-state index contributed by atoms with van der Waals surface area (Å²) < 4.78 is 0. The van der Waals surface area contributed by atoms with Crippen molar-refractivity contribution in [2.45, 2.75) is 62.7 Å². The van der Waals surface area contributed by atoms with E-state index < -0.39 is 60.2 Å². The van der Waals surface area contributed by atoms with Crippen molar-refractivity contribution in [3.63, 3.8) is 0 Å². The van der Waals surface area contributed by atoms with Gasteiger partial charge in [-0.15, -0.1) is 0 Å². The van der Waals surface area contributed by atoms with Gasteiger partial charge in [0, 0.05) is 13.1 Å². The highest BCUT2D eigenvalue weighted by molar-refractivity contribution is 5.95. The smallest absolute Gasteiger partial charge is 0.326 e. The van der Waals surface area contributed by atoms with E-state index in [0.717, 1.165) is 5.56 Å². The molecule has 1 aliphatic rings. The summed E-state index contributed by atoms with van der Waals surface area (Å²) in [6, 6.07) is 4.48. The van der Waals surface area contributed by atoms with Crippen LogP contribution in [0, 0.1) is 0 Å². The molecule has 38 heavy (non-hydrogen) atoms. The highest BCUT2D eigenvalue weighted by Crippen LogP contribution is 2.20. The maximum absolute atomic E-state index is 13.5. The zero-order valence-corrected chi connectivity index (χ0v) is 20.9. The van der Waals surface area contributed by atoms with Crippen LogP contribution >= 0.6 is 0 Å². The van der Waals surface area contributed by atoms with Crippen LogP contribution in [0.5, 0.6) is 0 Å². The zero-order chi connectivity index (χ0) is 28.2. The summed E-state index contributed by atoms with van der Waals surface area (Å²) in [5, 5.41) is 23.1. The predicted molar refractivity (Wildman–Crippen MR) is 137 cm³/mol. The molecular formula is C24H35N7O7. The lowest BCUT2D eigenvalue weighted by Crippen LogP contribution is -2.57. The molecule has 4 unspecified atom stereocenters. The number of rotatable bonds is 14. The maximum Gasteiger partial charge on any atom is 0.326 e. The average Bonchev–Trinajstić information content (AvgIpc) is 3.35. The minimum Gasteiger partial charge on any atom is -0.481 e. The van der Waals surface area contributed by atoms with Crippen molar-refractivity contribution < 1.29 is 34.2 Å². The van der Waals surface area contributed by atoms with Crippen LogP contribution < -0.4 is 27.8 Å². The van der Waals surface area contributed by atoms with Crippen LogP contribution in [-0.4, -0.2) is 88.0 Å². The Morgan fingerprint density at radius 1 is 1.05 bits per heavy atom. The van der Waals surface area contributed by atoms with Crippen molar-refractivity contribution in [2.75, 3.05) is 13.1 Å². The number of hydrogen-bond acceptors (Lipinski definition) is 7. The van der Waals surface area contributed by atoms with Crippen molar-refractivity contribution in [3.8, 4) is 0 Å². The number of nitrogens with one attached hydrogen (secondary N) is 2. The third-order valence-corrected chi connectivity index (χ3v) is 6.03. The van der Waals surface area contributed by atoms with Crippen molar-refractivity contribution in [3.05, 3.63) is 35.9 Å². The van der Waals surface area contributed by atoms with Gasteiger partial charge in [0.2, 0.25) is 17.7 Å². The van der Waals surface area contributed by atoms with Crippen LogP contribution in [0.1, 0.15) is 37.7 Å². The SMILES string of the molecule is NC(N)=NCCCC(NC(=O)C(N)Cc1ccccc1)C(=O)N1CCCC1C(=O)NC(CC(=O)O)C(=O)O. The number of amides is 3. The third-order valence-electron chi connectivity index (χ3n) is 6.03. The van der Waals surface area contributed by atoms with Crippen molar-refractivity contribution >= 4 is 35.6 Å². The summed E-state index contributed by atoms with van der Waals surface area (Å²) >= 11 is 0. The van der Waals surface area contributed by atoms with Gasteiger partial charge >= 0.3 is 11.9 Å². The van der Waals surface area contributed by atoms with Gasteiger partial charge in [-0.05, 0) is 37.7 Å². The Bertz CT molecular complexity index is 1030. The molecule has 14 heteroatoms. The third kappa shape index (κ3) is 9.35. The fraction of sp³-hybridized carbons (Fsp3) is 0.500. The van der Waals surface area contributed by atoms with Crippen LogP contribution in [0.15, 0.2) is 35.3 Å². The minimum atomic E-state index is -1.65. The van der Waals surface area contributed by atoms with E-state index in [0.29, 0.717) is 12.8 Å². The van der Waals surface area contributed by atoms with Crippen molar-refractivity contribution in [1.82, 2.24) is 15.5 Å². The number of carbonyl (C=O) groups is 5. The molecule has 1 heterocycles. The Morgan fingerprint density at radius 3 is 2.34 bits per heavy atom. The van der Waals surface area contributed by atoms with E-state index in [-0.39, 0.29) is 38.3 Å². The molecule has 2 rings (SSSR count). The molecule has 1 fully saturated rings. The normalized spacial score (nSPS) is 17.1. The van der Waals surface area contributed by atoms with Gasteiger partial charge in [-0.25, -0.2) is 4.79 Å². The first-order chi connectivity index (χ1) is 18.0. The van der Waals surface area contributed by atoms with Gasteiger partial charge in [-0.3, -0.25) is 24.2 Å². The predicted octanol–water partition coefficient (Wildman–Crippen LogP) is -1.87. The molecule has 208 valence electrons.